The SMILES string of the molecule is COc1cc(NC(=O)CCNc2ccc(C(F)(F)F)cc2)cc(OC)c1OC. The van der Waals surface area contributed by atoms with Crippen molar-refractivity contribution in [1.82, 2.24) is 0 Å². The molecule has 0 aromatic heterocycles. The summed E-state index contributed by atoms with van der Waals surface area (Å²) in [7, 11) is 4.42. The normalized spacial score (nSPS) is 10.9. The number of benzene rings is 2. The molecule has 2 aromatic rings. The van der Waals surface area contributed by atoms with Crippen LogP contribution in [0.25, 0.3) is 0 Å². The summed E-state index contributed by atoms with van der Waals surface area (Å²) < 4.78 is 53.3. The minimum absolute atomic E-state index is 0.109. The van der Waals surface area contributed by atoms with Gasteiger partial charge in [-0.3, -0.25) is 4.79 Å². The van der Waals surface area contributed by atoms with E-state index in [0.29, 0.717) is 28.6 Å². The van der Waals surface area contributed by atoms with Crippen LogP contribution in [-0.2, 0) is 11.0 Å². The predicted molar refractivity (Wildman–Crippen MR) is 99.3 cm³/mol. The summed E-state index contributed by atoms with van der Waals surface area (Å²) in [6.07, 6.45) is -4.27. The fourth-order valence-electron chi connectivity index (χ4n) is 2.47. The van der Waals surface area contributed by atoms with Crippen molar-refractivity contribution in [3.63, 3.8) is 0 Å². The molecule has 28 heavy (non-hydrogen) atoms. The zero-order valence-corrected chi connectivity index (χ0v) is 15.6. The smallest absolute Gasteiger partial charge is 0.416 e. The average Bonchev–Trinajstić information content (AvgIpc) is 2.66. The van der Waals surface area contributed by atoms with E-state index in [0.717, 1.165) is 12.1 Å². The third-order valence-electron chi connectivity index (χ3n) is 3.84. The number of halogens is 3. The highest BCUT2D eigenvalue weighted by molar-refractivity contribution is 5.91. The third-order valence-corrected chi connectivity index (χ3v) is 3.84. The Balaban J connectivity index is 1.92. The highest BCUT2D eigenvalue weighted by atomic mass is 19.4. The predicted octanol–water partition coefficient (Wildman–Crippen LogP) is 4.17. The van der Waals surface area contributed by atoms with Crippen molar-refractivity contribution in [3.8, 4) is 17.2 Å². The summed E-state index contributed by atoms with van der Waals surface area (Å²) in [6, 6.07) is 7.81. The maximum Gasteiger partial charge on any atom is 0.416 e. The molecule has 0 radical (unpaired) electrons. The Kier molecular flexibility index (Phi) is 6.97. The first-order chi connectivity index (χ1) is 13.3. The maximum absolute atomic E-state index is 12.5. The second-order valence-corrected chi connectivity index (χ2v) is 5.71. The lowest BCUT2D eigenvalue weighted by Crippen LogP contribution is -2.16. The minimum atomic E-state index is -4.38. The molecule has 0 saturated carbocycles. The molecule has 1 amide bonds. The maximum atomic E-state index is 12.5. The molecule has 0 atom stereocenters. The van der Waals surface area contributed by atoms with Crippen LogP contribution in [0.15, 0.2) is 36.4 Å². The molecule has 0 aliphatic heterocycles. The van der Waals surface area contributed by atoms with E-state index in [2.05, 4.69) is 10.6 Å². The van der Waals surface area contributed by atoms with Gasteiger partial charge in [0.2, 0.25) is 11.7 Å². The van der Waals surface area contributed by atoms with Crippen LogP contribution in [0.3, 0.4) is 0 Å². The van der Waals surface area contributed by atoms with Gasteiger partial charge >= 0.3 is 6.18 Å². The van der Waals surface area contributed by atoms with Gasteiger partial charge in [-0.25, -0.2) is 0 Å². The van der Waals surface area contributed by atoms with Gasteiger partial charge in [0, 0.05) is 36.5 Å². The molecule has 2 N–H and O–H groups in total. The van der Waals surface area contributed by atoms with Gasteiger partial charge in [0.1, 0.15) is 0 Å². The van der Waals surface area contributed by atoms with Crippen LogP contribution in [0.1, 0.15) is 12.0 Å². The number of hydrogen-bond acceptors (Lipinski definition) is 5. The second kappa shape index (κ2) is 9.20. The number of alkyl halides is 3. The number of rotatable bonds is 8. The number of hydrogen-bond donors (Lipinski definition) is 2. The van der Waals surface area contributed by atoms with Gasteiger partial charge in [0.15, 0.2) is 11.5 Å². The van der Waals surface area contributed by atoms with Gasteiger partial charge in [-0.15, -0.1) is 0 Å². The molecular weight excluding hydrogens is 377 g/mol. The van der Waals surface area contributed by atoms with E-state index in [9.17, 15) is 18.0 Å². The quantitative estimate of drug-likeness (QED) is 0.699. The van der Waals surface area contributed by atoms with Crippen molar-refractivity contribution in [2.45, 2.75) is 12.6 Å². The number of nitrogens with one attached hydrogen (secondary N) is 2. The van der Waals surface area contributed by atoms with E-state index in [4.69, 9.17) is 14.2 Å². The van der Waals surface area contributed by atoms with Gasteiger partial charge < -0.3 is 24.8 Å². The first-order valence-electron chi connectivity index (χ1n) is 8.29. The van der Waals surface area contributed by atoms with Gasteiger partial charge in [0.05, 0.1) is 26.9 Å². The Labute approximate surface area is 160 Å². The summed E-state index contributed by atoms with van der Waals surface area (Å²) >= 11 is 0. The first kappa shape index (κ1) is 21.2. The molecule has 0 aliphatic carbocycles. The zero-order chi connectivity index (χ0) is 20.7. The number of methoxy groups -OCH3 is 3. The standard InChI is InChI=1S/C19H21F3N2O4/c1-26-15-10-14(11-16(27-2)18(15)28-3)24-17(25)8-9-23-13-6-4-12(5-7-13)19(20,21)22/h4-7,10-11,23H,8-9H2,1-3H3,(H,24,25). The summed E-state index contributed by atoms with van der Waals surface area (Å²) in [6.45, 7) is 0.252. The van der Waals surface area contributed by atoms with Gasteiger partial charge in [0.25, 0.3) is 0 Å². The molecule has 0 unspecified atom stereocenters. The Morgan fingerprint density at radius 1 is 0.929 bits per heavy atom. The second-order valence-electron chi connectivity index (χ2n) is 5.71. The summed E-state index contributed by atoms with van der Waals surface area (Å²) in [5.74, 6) is 0.931. The lowest BCUT2D eigenvalue weighted by atomic mass is 10.2. The number of carbonyl (C=O) groups excluding carboxylic acids is 1. The largest absolute Gasteiger partial charge is 0.493 e. The number of ether oxygens (including phenoxy) is 3. The van der Waals surface area contributed by atoms with E-state index < -0.39 is 11.7 Å². The van der Waals surface area contributed by atoms with Gasteiger partial charge in [-0.1, -0.05) is 0 Å². The van der Waals surface area contributed by atoms with Crippen LogP contribution < -0.4 is 24.8 Å². The molecular formula is C19H21F3N2O4. The monoisotopic (exact) mass is 398 g/mol. The Morgan fingerprint density at radius 2 is 1.50 bits per heavy atom. The van der Waals surface area contributed by atoms with Crippen LogP contribution in [0, 0.1) is 0 Å². The molecule has 0 fully saturated rings. The van der Waals surface area contributed by atoms with Crippen molar-refractivity contribution in [2.24, 2.45) is 0 Å². The van der Waals surface area contributed by atoms with Crippen molar-refractivity contribution in [2.75, 3.05) is 38.5 Å². The molecule has 0 spiro atoms. The molecule has 0 aliphatic rings. The molecule has 6 nitrogen and oxygen atoms in total. The Bertz CT molecular complexity index is 783. The average molecular weight is 398 g/mol. The molecule has 0 bridgehead atoms. The van der Waals surface area contributed by atoms with Crippen LogP contribution in [0.4, 0.5) is 24.5 Å². The van der Waals surface area contributed by atoms with E-state index in [1.54, 1.807) is 12.1 Å². The molecule has 0 heterocycles. The molecule has 9 heteroatoms. The van der Waals surface area contributed by atoms with Gasteiger partial charge in [-0.05, 0) is 24.3 Å². The lowest BCUT2D eigenvalue weighted by Gasteiger charge is -2.14. The van der Waals surface area contributed by atoms with E-state index in [1.165, 1.54) is 33.5 Å². The topological polar surface area (TPSA) is 68.8 Å². The van der Waals surface area contributed by atoms with E-state index >= 15 is 0 Å². The van der Waals surface area contributed by atoms with Crippen molar-refractivity contribution < 1.29 is 32.2 Å². The molecule has 2 rings (SSSR count). The molecule has 2 aromatic carbocycles. The van der Waals surface area contributed by atoms with E-state index in [1.807, 2.05) is 0 Å². The summed E-state index contributed by atoms with van der Waals surface area (Å²) in [5.41, 5.74) is 0.237. The fourth-order valence-corrected chi connectivity index (χ4v) is 2.47. The van der Waals surface area contributed by atoms with Crippen molar-refractivity contribution in [3.05, 3.63) is 42.0 Å². The fraction of sp³-hybridized carbons (Fsp3) is 0.316. The number of amides is 1. The lowest BCUT2D eigenvalue weighted by molar-refractivity contribution is -0.137. The zero-order valence-electron chi connectivity index (χ0n) is 15.6. The first-order valence-corrected chi connectivity index (χ1v) is 8.29. The van der Waals surface area contributed by atoms with E-state index in [-0.39, 0.29) is 18.9 Å². The van der Waals surface area contributed by atoms with Crippen LogP contribution >= 0.6 is 0 Å². The van der Waals surface area contributed by atoms with Crippen LogP contribution in [-0.4, -0.2) is 33.8 Å². The molecule has 0 saturated heterocycles. The van der Waals surface area contributed by atoms with Gasteiger partial charge in [-0.2, -0.15) is 13.2 Å². The molecule has 152 valence electrons. The Morgan fingerprint density at radius 3 is 1.96 bits per heavy atom. The highest BCUT2D eigenvalue weighted by Crippen LogP contribution is 2.39. The van der Waals surface area contributed by atoms with Crippen molar-refractivity contribution >= 4 is 17.3 Å². The van der Waals surface area contributed by atoms with Crippen molar-refractivity contribution in [1.29, 1.82) is 0 Å². The summed E-state index contributed by atoms with van der Waals surface area (Å²) in [5, 5.41) is 5.62. The minimum Gasteiger partial charge on any atom is -0.493 e. The third kappa shape index (κ3) is 5.45. The summed E-state index contributed by atoms with van der Waals surface area (Å²) in [4.78, 5) is 12.1. The van der Waals surface area contributed by atoms with Crippen LogP contribution in [0.2, 0.25) is 0 Å². The highest BCUT2D eigenvalue weighted by Gasteiger charge is 2.29. The van der Waals surface area contributed by atoms with Crippen LogP contribution in [0.5, 0.6) is 17.2 Å². The number of anilines is 2. The Hall–Kier alpha value is -3.10. The number of carbonyl (C=O) groups is 1.